The van der Waals surface area contributed by atoms with Crippen molar-refractivity contribution in [3.63, 3.8) is 0 Å². The Morgan fingerprint density at radius 1 is 1.71 bits per heavy atom. The van der Waals surface area contributed by atoms with E-state index in [1.807, 2.05) is 24.8 Å². The van der Waals surface area contributed by atoms with E-state index in [0.29, 0.717) is 13.0 Å². The van der Waals surface area contributed by atoms with Gasteiger partial charge in [0.25, 0.3) is 0 Å². The Hall–Kier alpha value is -1.36. The Balaban J connectivity index is 1.96. The van der Waals surface area contributed by atoms with Crippen LogP contribution in [-0.4, -0.2) is 45.3 Å². The maximum absolute atomic E-state index is 11.8. The molecule has 1 aliphatic heterocycles. The largest absolute Gasteiger partial charge is 0.396 e. The van der Waals surface area contributed by atoms with Crippen LogP contribution in [0.2, 0.25) is 0 Å². The number of nitrogens with zero attached hydrogens (tertiary/aromatic N) is 2. The molecule has 1 aromatic heterocycles. The second kappa shape index (κ2) is 4.87. The van der Waals surface area contributed by atoms with E-state index in [1.165, 1.54) is 0 Å². The summed E-state index contributed by atoms with van der Waals surface area (Å²) in [6.07, 6.45) is 1.23. The third-order valence-corrected chi connectivity index (χ3v) is 3.29. The molecule has 0 radical (unpaired) electrons. The third kappa shape index (κ3) is 2.66. The highest BCUT2D eigenvalue weighted by molar-refractivity contribution is 5.79. The Kier molecular flexibility index (Phi) is 3.47. The van der Waals surface area contributed by atoms with Crippen LogP contribution < -0.4 is 0 Å². The van der Waals surface area contributed by atoms with E-state index in [4.69, 9.17) is 5.11 Å². The van der Waals surface area contributed by atoms with Crippen LogP contribution in [-0.2, 0) is 11.2 Å². The fourth-order valence-corrected chi connectivity index (χ4v) is 2.35. The second-order valence-corrected chi connectivity index (χ2v) is 4.89. The van der Waals surface area contributed by atoms with E-state index in [9.17, 15) is 4.79 Å². The smallest absolute Gasteiger partial charge is 0.223 e. The molecule has 0 aromatic carbocycles. The molecule has 1 aromatic rings. The summed E-state index contributed by atoms with van der Waals surface area (Å²) in [5.74, 6) is 0.245. The molecule has 2 heterocycles. The van der Waals surface area contributed by atoms with Crippen molar-refractivity contribution in [2.75, 3.05) is 13.2 Å². The lowest BCUT2D eigenvalue weighted by Gasteiger charge is -2.24. The number of carbonyl (C=O) groups is 1. The van der Waals surface area contributed by atoms with Gasteiger partial charge >= 0.3 is 0 Å². The molecular weight excluding hydrogens is 218 g/mol. The highest BCUT2D eigenvalue weighted by Crippen LogP contribution is 2.21. The molecule has 5 nitrogen and oxygen atoms in total. The van der Waals surface area contributed by atoms with Gasteiger partial charge < -0.3 is 10.0 Å². The van der Waals surface area contributed by atoms with Gasteiger partial charge in [0.15, 0.2) is 0 Å². The fourth-order valence-electron chi connectivity index (χ4n) is 2.35. The lowest BCUT2D eigenvalue weighted by molar-refractivity contribution is -0.129. The minimum Gasteiger partial charge on any atom is -0.396 e. The van der Waals surface area contributed by atoms with Crippen molar-refractivity contribution >= 4 is 5.91 Å². The predicted octanol–water partition coefficient (Wildman–Crippen LogP) is 0.490. The normalized spacial score (nSPS) is 22.2. The van der Waals surface area contributed by atoms with Crippen LogP contribution in [0.5, 0.6) is 0 Å². The summed E-state index contributed by atoms with van der Waals surface area (Å²) in [6.45, 7) is 4.75. The lowest BCUT2D eigenvalue weighted by atomic mass is 10.1. The van der Waals surface area contributed by atoms with Gasteiger partial charge in [-0.3, -0.25) is 9.89 Å². The van der Waals surface area contributed by atoms with Gasteiger partial charge in [-0.25, -0.2) is 0 Å². The first-order valence-electron chi connectivity index (χ1n) is 6.01. The summed E-state index contributed by atoms with van der Waals surface area (Å²) in [5.41, 5.74) is 2.02. The first-order chi connectivity index (χ1) is 8.10. The summed E-state index contributed by atoms with van der Waals surface area (Å²) in [6, 6.07) is 2.14. The molecule has 1 saturated heterocycles. The third-order valence-electron chi connectivity index (χ3n) is 3.29. The molecule has 94 valence electrons. The highest BCUT2D eigenvalue weighted by Gasteiger charge is 2.32. The van der Waals surface area contributed by atoms with Gasteiger partial charge in [0.1, 0.15) is 0 Å². The molecule has 2 unspecified atom stereocenters. The molecule has 1 fully saturated rings. The Bertz CT molecular complexity index is 402. The zero-order valence-corrected chi connectivity index (χ0v) is 10.3. The molecule has 0 aliphatic carbocycles. The number of carbonyl (C=O) groups excluding carboxylic acids is 1. The van der Waals surface area contributed by atoms with Gasteiger partial charge in [-0.1, -0.05) is 0 Å². The van der Waals surface area contributed by atoms with E-state index in [0.717, 1.165) is 17.8 Å². The Morgan fingerprint density at radius 2 is 2.47 bits per heavy atom. The second-order valence-electron chi connectivity index (χ2n) is 4.89. The average molecular weight is 237 g/mol. The monoisotopic (exact) mass is 237 g/mol. The van der Waals surface area contributed by atoms with Crippen LogP contribution in [0.15, 0.2) is 6.07 Å². The first kappa shape index (κ1) is 12.1. The summed E-state index contributed by atoms with van der Waals surface area (Å²) in [7, 11) is 0. The summed E-state index contributed by atoms with van der Waals surface area (Å²) >= 11 is 0. The van der Waals surface area contributed by atoms with Crippen LogP contribution >= 0.6 is 0 Å². The minimum atomic E-state index is 0.0937. The Labute approximate surface area is 101 Å². The first-order valence-corrected chi connectivity index (χ1v) is 6.01. The lowest BCUT2D eigenvalue weighted by Crippen LogP contribution is -2.36. The molecule has 17 heavy (non-hydrogen) atoms. The van der Waals surface area contributed by atoms with Crippen molar-refractivity contribution in [2.24, 2.45) is 5.92 Å². The van der Waals surface area contributed by atoms with Crippen LogP contribution in [0, 0.1) is 12.8 Å². The number of rotatable bonds is 4. The summed E-state index contributed by atoms with van der Waals surface area (Å²) in [4.78, 5) is 13.6. The Morgan fingerprint density at radius 3 is 3.00 bits per heavy atom. The van der Waals surface area contributed by atoms with Crippen LogP contribution in [0.1, 0.15) is 24.7 Å². The van der Waals surface area contributed by atoms with E-state index in [-0.39, 0.29) is 24.5 Å². The molecule has 1 amide bonds. The number of hydrogen-bond acceptors (Lipinski definition) is 3. The molecule has 0 saturated carbocycles. The van der Waals surface area contributed by atoms with Crippen LogP contribution in [0.4, 0.5) is 0 Å². The topological polar surface area (TPSA) is 69.2 Å². The number of aliphatic hydroxyl groups is 1. The van der Waals surface area contributed by atoms with E-state index in [1.54, 1.807) is 0 Å². The van der Waals surface area contributed by atoms with Crippen molar-refractivity contribution in [2.45, 2.75) is 32.7 Å². The molecule has 2 rings (SSSR count). The number of aromatic nitrogens is 2. The maximum atomic E-state index is 11.8. The van der Waals surface area contributed by atoms with Crippen molar-refractivity contribution in [3.05, 3.63) is 17.5 Å². The summed E-state index contributed by atoms with van der Waals surface area (Å²) in [5, 5.41) is 16.2. The minimum absolute atomic E-state index is 0.0937. The number of hydrogen-bond donors (Lipinski definition) is 2. The van der Waals surface area contributed by atoms with Gasteiger partial charge in [0.2, 0.25) is 5.91 Å². The molecule has 0 spiro atoms. The number of amides is 1. The molecule has 2 atom stereocenters. The van der Waals surface area contributed by atoms with Gasteiger partial charge in [-0.2, -0.15) is 5.10 Å². The van der Waals surface area contributed by atoms with Gasteiger partial charge in [-0.15, -0.1) is 0 Å². The number of nitrogens with one attached hydrogen (secondary N) is 1. The SMILES string of the molecule is Cc1cc(CC(C)N2CC(CO)CC2=O)n[nH]1. The van der Waals surface area contributed by atoms with Crippen molar-refractivity contribution < 1.29 is 9.90 Å². The standard InChI is InChI=1S/C12H19N3O2/c1-8-3-11(14-13-8)4-9(2)15-6-10(7-16)5-12(15)17/h3,9-10,16H,4-7H2,1-2H3,(H,13,14). The van der Waals surface area contributed by atoms with Gasteiger partial charge in [0.05, 0.1) is 5.69 Å². The number of aromatic amines is 1. The molecule has 5 heteroatoms. The summed E-state index contributed by atoms with van der Waals surface area (Å²) < 4.78 is 0. The maximum Gasteiger partial charge on any atom is 0.223 e. The predicted molar refractivity (Wildman–Crippen MR) is 63.4 cm³/mol. The van der Waals surface area contributed by atoms with E-state index >= 15 is 0 Å². The zero-order chi connectivity index (χ0) is 12.4. The fraction of sp³-hybridized carbons (Fsp3) is 0.667. The van der Waals surface area contributed by atoms with Gasteiger partial charge in [0, 0.05) is 43.6 Å². The van der Waals surface area contributed by atoms with Crippen LogP contribution in [0.25, 0.3) is 0 Å². The number of likely N-dealkylation sites (tertiary alicyclic amines) is 1. The highest BCUT2D eigenvalue weighted by atomic mass is 16.3. The number of aliphatic hydroxyl groups excluding tert-OH is 1. The van der Waals surface area contributed by atoms with Gasteiger partial charge in [-0.05, 0) is 19.9 Å². The molecule has 1 aliphatic rings. The van der Waals surface area contributed by atoms with E-state index in [2.05, 4.69) is 10.2 Å². The molecular formula is C12H19N3O2. The van der Waals surface area contributed by atoms with Crippen molar-refractivity contribution in [1.82, 2.24) is 15.1 Å². The van der Waals surface area contributed by atoms with E-state index < -0.39 is 0 Å². The quantitative estimate of drug-likeness (QED) is 0.800. The zero-order valence-electron chi connectivity index (χ0n) is 10.3. The van der Waals surface area contributed by atoms with Crippen molar-refractivity contribution in [3.8, 4) is 0 Å². The number of aryl methyl sites for hydroxylation is 1. The molecule has 0 bridgehead atoms. The van der Waals surface area contributed by atoms with Crippen LogP contribution in [0.3, 0.4) is 0 Å². The average Bonchev–Trinajstić information content (AvgIpc) is 2.85. The molecule has 2 N–H and O–H groups in total. The number of H-pyrrole nitrogens is 1. The van der Waals surface area contributed by atoms with Crippen molar-refractivity contribution in [1.29, 1.82) is 0 Å².